The van der Waals surface area contributed by atoms with Gasteiger partial charge in [0.25, 0.3) is 0 Å². The first kappa shape index (κ1) is 11.8. The van der Waals surface area contributed by atoms with Crippen LogP contribution in [0.1, 0.15) is 26.7 Å². The van der Waals surface area contributed by atoms with E-state index in [4.69, 9.17) is 10.5 Å². The zero-order valence-electron chi connectivity index (χ0n) is 10.4. The van der Waals surface area contributed by atoms with Crippen molar-refractivity contribution in [1.82, 2.24) is 0 Å². The summed E-state index contributed by atoms with van der Waals surface area (Å²) in [5, 5.41) is 2.16. The van der Waals surface area contributed by atoms with Gasteiger partial charge < -0.3 is 10.5 Å². The molecule has 0 heterocycles. The predicted molar refractivity (Wildman–Crippen MR) is 73.4 cm³/mol. The quantitative estimate of drug-likeness (QED) is 0.804. The Morgan fingerprint density at radius 2 is 1.82 bits per heavy atom. The van der Waals surface area contributed by atoms with Crippen LogP contribution < -0.4 is 10.5 Å². The minimum Gasteiger partial charge on any atom is -0.490 e. The maximum atomic E-state index is 5.97. The summed E-state index contributed by atoms with van der Waals surface area (Å²) in [6.45, 7) is 4.27. The molecule has 0 radical (unpaired) electrons. The fraction of sp³-hybridized carbons (Fsp3) is 0.333. The molecular formula is C15H19NO. The van der Waals surface area contributed by atoms with Gasteiger partial charge in [0.05, 0.1) is 6.10 Å². The lowest BCUT2D eigenvalue weighted by Gasteiger charge is -2.16. The number of hydrogen-bond donors (Lipinski definition) is 1. The topological polar surface area (TPSA) is 35.2 Å². The first-order valence-electron chi connectivity index (χ1n) is 6.16. The molecule has 2 N–H and O–H groups in total. The van der Waals surface area contributed by atoms with Gasteiger partial charge in [-0.15, -0.1) is 0 Å². The molecule has 2 aromatic rings. The Morgan fingerprint density at radius 1 is 1.12 bits per heavy atom. The predicted octanol–water partition coefficient (Wildman–Crippen LogP) is 3.99. The molecule has 90 valence electrons. The molecule has 1 unspecified atom stereocenters. The molecule has 1 atom stereocenters. The number of ether oxygens (including phenoxy) is 1. The van der Waals surface area contributed by atoms with E-state index in [1.54, 1.807) is 0 Å². The van der Waals surface area contributed by atoms with Gasteiger partial charge in [-0.25, -0.2) is 0 Å². The van der Waals surface area contributed by atoms with Crippen molar-refractivity contribution in [2.24, 2.45) is 0 Å². The second kappa shape index (κ2) is 5.09. The maximum Gasteiger partial charge on any atom is 0.127 e. The highest BCUT2D eigenvalue weighted by atomic mass is 16.5. The molecule has 17 heavy (non-hydrogen) atoms. The van der Waals surface area contributed by atoms with Gasteiger partial charge >= 0.3 is 0 Å². The SMILES string of the molecule is CCCC(C)Oc1ccc(N)c2ccccc12. The molecule has 0 saturated heterocycles. The Morgan fingerprint density at radius 3 is 2.53 bits per heavy atom. The van der Waals surface area contributed by atoms with Gasteiger partial charge in [-0.3, -0.25) is 0 Å². The van der Waals surface area contributed by atoms with E-state index >= 15 is 0 Å². The van der Waals surface area contributed by atoms with Gasteiger partial charge in [0.1, 0.15) is 5.75 Å². The van der Waals surface area contributed by atoms with E-state index < -0.39 is 0 Å². The second-order valence-corrected chi connectivity index (χ2v) is 4.42. The molecule has 2 aromatic carbocycles. The van der Waals surface area contributed by atoms with Gasteiger partial charge in [0.2, 0.25) is 0 Å². The second-order valence-electron chi connectivity index (χ2n) is 4.42. The van der Waals surface area contributed by atoms with Gasteiger partial charge in [-0.2, -0.15) is 0 Å². The molecule has 0 aliphatic rings. The number of fused-ring (bicyclic) bond motifs is 1. The summed E-state index contributed by atoms with van der Waals surface area (Å²) in [6, 6.07) is 12.0. The van der Waals surface area contributed by atoms with Crippen molar-refractivity contribution in [1.29, 1.82) is 0 Å². The zero-order chi connectivity index (χ0) is 12.3. The van der Waals surface area contributed by atoms with E-state index in [1.807, 2.05) is 30.3 Å². The average molecular weight is 229 g/mol. The third kappa shape index (κ3) is 2.52. The first-order chi connectivity index (χ1) is 8.22. The molecule has 0 aliphatic heterocycles. The molecule has 2 nitrogen and oxygen atoms in total. The Bertz CT molecular complexity index is 507. The number of nitrogens with two attached hydrogens (primary N) is 1. The molecule has 0 saturated carbocycles. The van der Waals surface area contributed by atoms with Crippen LogP contribution in [0, 0.1) is 0 Å². The van der Waals surface area contributed by atoms with Crippen LogP contribution in [-0.4, -0.2) is 6.10 Å². The lowest BCUT2D eigenvalue weighted by molar-refractivity contribution is 0.212. The van der Waals surface area contributed by atoms with Crippen LogP contribution in [-0.2, 0) is 0 Å². The van der Waals surface area contributed by atoms with Gasteiger partial charge in [-0.05, 0) is 25.5 Å². The highest BCUT2D eigenvalue weighted by Gasteiger charge is 2.07. The maximum absolute atomic E-state index is 5.97. The van der Waals surface area contributed by atoms with Gasteiger partial charge in [0.15, 0.2) is 0 Å². The number of benzene rings is 2. The molecule has 0 amide bonds. The van der Waals surface area contributed by atoms with E-state index in [2.05, 4.69) is 19.9 Å². The van der Waals surface area contributed by atoms with Crippen molar-refractivity contribution >= 4 is 16.5 Å². The van der Waals surface area contributed by atoms with E-state index in [0.717, 1.165) is 35.1 Å². The Labute approximate surface area is 102 Å². The van der Waals surface area contributed by atoms with E-state index in [-0.39, 0.29) is 6.10 Å². The monoisotopic (exact) mass is 229 g/mol. The Balaban J connectivity index is 2.38. The van der Waals surface area contributed by atoms with Crippen molar-refractivity contribution in [3.63, 3.8) is 0 Å². The number of anilines is 1. The normalized spacial score (nSPS) is 12.6. The summed E-state index contributed by atoms with van der Waals surface area (Å²) in [7, 11) is 0. The van der Waals surface area contributed by atoms with Crippen LogP contribution in [0.4, 0.5) is 5.69 Å². The number of hydrogen-bond acceptors (Lipinski definition) is 2. The fourth-order valence-corrected chi connectivity index (χ4v) is 2.08. The zero-order valence-corrected chi connectivity index (χ0v) is 10.4. The van der Waals surface area contributed by atoms with E-state index in [9.17, 15) is 0 Å². The van der Waals surface area contributed by atoms with Crippen LogP contribution in [0.15, 0.2) is 36.4 Å². The van der Waals surface area contributed by atoms with E-state index in [1.165, 1.54) is 0 Å². The summed E-state index contributed by atoms with van der Waals surface area (Å²) in [5.41, 5.74) is 6.76. The van der Waals surface area contributed by atoms with Crippen molar-refractivity contribution in [3.8, 4) is 5.75 Å². The lowest BCUT2D eigenvalue weighted by Crippen LogP contribution is -2.11. The molecule has 2 heteroatoms. The highest BCUT2D eigenvalue weighted by Crippen LogP contribution is 2.30. The van der Waals surface area contributed by atoms with Crippen molar-refractivity contribution in [2.75, 3.05) is 5.73 Å². The number of nitrogen functional groups attached to an aromatic ring is 1. The van der Waals surface area contributed by atoms with Crippen LogP contribution >= 0.6 is 0 Å². The summed E-state index contributed by atoms with van der Waals surface area (Å²) in [4.78, 5) is 0. The van der Waals surface area contributed by atoms with Crippen molar-refractivity contribution < 1.29 is 4.74 Å². The minimum absolute atomic E-state index is 0.243. The minimum atomic E-state index is 0.243. The average Bonchev–Trinajstić information content (AvgIpc) is 2.34. The third-order valence-corrected chi connectivity index (χ3v) is 2.94. The summed E-state index contributed by atoms with van der Waals surface area (Å²) >= 11 is 0. The van der Waals surface area contributed by atoms with Crippen LogP contribution in [0.3, 0.4) is 0 Å². The first-order valence-corrected chi connectivity index (χ1v) is 6.16. The molecule has 0 spiro atoms. The lowest BCUT2D eigenvalue weighted by atomic mass is 10.1. The van der Waals surface area contributed by atoms with Crippen molar-refractivity contribution in [3.05, 3.63) is 36.4 Å². The van der Waals surface area contributed by atoms with E-state index in [0.29, 0.717) is 0 Å². The van der Waals surface area contributed by atoms with Gasteiger partial charge in [0, 0.05) is 16.5 Å². The summed E-state index contributed by atoms with van der Waals surface area (Å²) < 4.78 is 5.97. The molecule has 0 fully saturated rings. The van der Waals surface area contributed by atoms with Crippen LogP contribution in [0.2, 0.25) is 0 Å². The molecule has 0 bridgehead atoms. The summed E-state index contributed by atoms with van der Waals surface area (Å²) in [5.74, 6) is 0.927. The molecule has 0 aliphatic carbocycles. The molecule has 2 rings (SSSR count). The largest absolute Gasteiger partial charge is 0.490 e. The smallest absolute Gasteiger partial charge is 0.127 e. The molecular weight excluding hydrogens is 210 g/mol. The molecule has 0 aromatic heterocycles. The Hall–Kier alpha value is -1.70. The highest BCUT2D eigenvalue weighted by molar-refractivity contribution is 5.96. The van der Waals surface area contributed by atoms with Crippen molar-refractivity contribution in [2.45, 2.75) is 32.8 Å². The summed E-state index contributed by atoms with van der Waals surface area (Å²) in [6.07, 6.45) is 2.44. The van der Waals surface area contributed by atoms with Gasteiger partial charge in [-0.1, -0.05) is 37.6 Å². The van der Waals surface area contributed by atoms with Crippen LogP contribution in [0.5, 0.6) is 5.75 Å². The number of rotatable bonds is 4. The Kier molecular flexibility index (Phi) is 3.52. The fourth-order valence-electron chi connectivity index (χ4n) is 2.08. The third-order valence-electron chi connectivity index (χ3n) is 2.94. The standard InChI is InChI=1S/C15H19NO/c1-3-6-11(2)17-15-10-9-14(16)12-7-4-5-8-13(12)15/h4-5,7-11H,3,6,16H2,1-2H3. The van der Waals surface area contributed by atoms with Crippen LogP contribution in [0.25, 0.3) is 10.8 Å².